The molecule has 0 atom stereocenters. The first-order valence-corrected chi connectivity index (χ1v) is 17.6. The predicted octanol–water partition coefficient (Wildman–Crippen LogP) is 12.2. The number of hydrogen-bond donors (Lipinski definition) is 0. The quantitative estimate of drug-likeness (QED) is 0.177. The number of rotatable bonds is 6. The maximum absolute atomic E-state index is 4.93. The lowest BCUT2D eigenvalue weighted by Gasteiger charge is -2.28. The van der Waals surface area contributed by atoms with E-state index in [1.807, 2.05) is 6.20 Å². The Morgan fingerprint density at radius 2 is 1.12 bits per heavy atom. The second kappa shape index (κ2) is 12.2. The van der Waals surface area contributed by atoms with Gasteiger partial charge in [-0.2, -0.15) is 0 Å². The van der Waals surface area contributed by atoms with E-state index in [2.05, 4.69) is 204 Å². The van der Waals surface area contributed by atoms with Gasteiger partial charge in [-0.1, -0.05) is 99.6 Å². The summed E-state index contributed by atoms with van der Waals surface area (Å²) in [7, 11) is 0. The fourth-order valence-corrected chi connectivity index (χ4v) is 7.44. The molecule has 1 aliphatic heterocycles. The largest absolute Gasteiger partial charge is 0.321 e. The normalized spacial score (nSPS) is 12.8. The number of nitrogens with zero attached hydrogens (tertiary/aromatic N) is 5. The lowest BCUT2D eigenvalue weighted by molar-refractivity contribution is 0.588. The van der Waals surface area contributed by atoms with Crippen LogP contribution in [0.5, 0.6) is 0 Å². The molecular weight excluding hydrogens is 623 g/mol. The second-order valence-electron chi connectivity index (χ2n) is 14.2. The Labute approximate surface area is 299 Å². The van der Waals surface area contributed by atoms with E-state index < -0.39 is 0 Å². The van der Waals surface area contributed by atoms with Crippen molar-refractivity contribution in [1.29, 1.82) is 0 Å². The molecule has 0 spiro atoms. The van der Waals surface area contributed by atoms with Crippen LogP contribution in [-0.2, 0) is 5.41 Å². The smallest absolute Gasteiger partial charge is 0.137 e. The Balaban J connectivity index is 1.20. The van der Waals surface area contributed by atoms with Crippen LogP contribution in [0.3, 0.4) is 0 Å². The zero-order valence-corrected chi connectivity index (χ0v) is 29.1. The van der Waals surface area contributed by atoms with Crippen molar-refractivity contribution in [2.24, 2.45) is 0 Å². The van der Waals surface area contributed by atoms with Gasteiger partial charge < -0.3 is 14.7 Å². The number of aromatic nitrogens is 2. The van der Waals surface area contributed by atoms with E-state index >= 15 is 0 Å². The molecular formula is C46H39N5. The van der Waals surface area contributed by atoms with Crippen molar-refractivity contribution in [3.63, 3.8) is 0 Å². The van der Waals surface area contributed by atoms with Gasteiger partial charge in [0.05, 0.1) is 22.4 Å². The number of hydrogen-bond acceptors (Lipinski definition) is 4. The summed E-state index contributed by atoms with van der Waals surface area (Å²) in [5, 5.41) is 2.42. The van der Waals surface area contributed by atoms with E-state index in [9.17, 15) is 0 Å². The second-order valence-corrected chi connectivity index (χ2v) is 14.2. The van der Waals surface area contributed by atoms with Crippen LogP contribution in [0.2, 0.25) is 0 Å². The Kier molecular flexibility index (Phi) is 7.36. The standard InChI is InChI=1S/C46H39N5/c1-46(2,3)33-27-28-47-45(29-33)51-41-22-11-10-21-39(41)40-26-25-38(31-44(40)51)50(35-17-8-5-9-18-35)37-20-14-19-36(30-37)49-32-48(34-15-6-4-7-16-34)42-23-12-13-24-43(42)49/h4-31H,32H2,1-3H3. The summed E-state index contributed by atoms with van der Waals surface area (Å²) in [6, 6.07) is 58.7. The van der Waals surface area contributed by atoms with Crippen molar-refractivity contribution in [1.82, 2.24) is 9.55 Å². The van der Waals surface area contributed by atoms with Gasteiger partial charge in [-0.25, -0.2) is 4.98 Å². The first-order chi connectivity index (χ1) is 24.9. The van der Waals surface area contributed by atoms with Crippen LogP contribution in [0.4, 0.5) is 39.8 Å². The van der Waals surface area contributed by atoms with Gasteiger partial charge in [0.25, 0.3) is 0 Å². The SMILES string of the molecule is CC(C)(C)c1ccnc(-n2c3ccccc3c3ccc(N(c4ccccc4)c4cccc(N5CN(c6ccccc6)c6ccccc65)c4)cc32)c1. The molecule has 0 fully saturated rings. The van der Waals surface area contributed by atoms with Crippen molar-refractivity contribution >= 4 is 61.6 Å². The lowest BCUT2D eigenvalue weighted by Crippen LogP contribution is -2.24. The molecule has 51 heavy (non-hydrogen) atoms. The van der Waals surface area contributed by atoms with Crippen LogP contribution < -0.4 is 14.7 Å². The highest BCUT2D eigenvalue weighted by Crippen LogP contribution is 2.46. The van der Waals surface area contributed by atoms with Gasteiger partial charge in [0, 0.05) is 45.4 Å². The summed E-state index contributed by atoms with van der Waals surface area (Å²) in [5.41, 5.74) is 11.5. The third-order valence-electron chi connectivity index (χ3n) is 9.98. The van der Waals surface area contributed by atoms with E-state index in [4.69, 9.17) is 4.98 Å². The molecule has 6 aromatic carbocycles. The van der Waals surface area contributed by atoms with Crippen molar-refractivity contribution in [3.05, 3.63) is 176 Å². The maximum Gasteiger partial charge on any atom is 0.137 e. The van der Waals surface area contributed by atoms with E-state index in [-0.39, 0.29) is 5.41 Å². The van der Waals surface area contributed by atoms with Gasteiger partial charge in [0.15, 0.2) is 0 Å². The molecule has 0 unspecified atom stereocenters. The minimum atomic E-state index is 0.00468. The minimum absolute atomic E-state index is 0.00468. The monoisotopic (exact) mass is 661 g/mol. The summed E-state index contributed by atoms with van der Waals surface area (Å²) in [6.45, 7) is 7.48. The number of benzene rings is 6. The number of para-hydroxylation sites is 5. The van der Waals surface area contributed by atoms with Crippen molar-refractivity contribution in [2.75, 3.05) is 21.4 Å². The van der Waals surface area contributed by atoms with Crippen LogP contribution in [0, 0.1) is 0 Å². The van der Waals surface area contributed by atoms with Crippen LogP contribution in [0.15, 0.2) is 170 Å². The van der Waals surface area contributed by atoms with E-state index in [0.717, 1.165) is 46.3 Å². The predicted molar refractivity (Wildman–Crippen MR) is 214 cm³/mol. The number of fused-ring (bicyclic) bond motifs is 4. The number of pyridine rings is 1. The summed E-state index contributed by atoms with van der Waals surface area (Å²) in [6.07, 6.45) is 1.94. The van der Waals surface area contributed by atoms with Gasteiger partial charge in [0.2, 0.25) is 0 Å². The molecule has 0 radical (unpaired) electrons. The lowest BCUT2D eigenvalue weighted by atomic mass is 9.88. The highest BCUT2D eigenvalue weighted by Gasteiger charge is 2.28. The van der Waals surface area contributed by atoms with Gasteiger partial charge in [-0.15, -0.1) is 0 Å². The zero-order valence-electron chi connectivity index (χ0n) is 29.1. The highest BCUT2D eigenvalue weighted by molar-refractivity contribution is 6.10. The molecule has 0 saturated carbocycles. The average molecular weight is 662 g/mol. The molecule has 0 bridgehead atoms. The first-order valence-electron chi connectivity index (χ1n) is 17.6. The summed E-state index contributed by atoms with van der Waals surface area (Å²) < 4.78 is 2.32. The van der Waals surface area contributed by atoms with E-state index in [1.165, 1.54) is 33.4 Å². The third kappa shape index (κ3) is 5.38. The van der Waals surface area contributed by atoms with Gasteiger partial charge in [0.1, 0.15) is 12.5 Å². The van der Waals surface area contributed by atoms with Crippen LogP contribution in [0.1, 0.15) is 26.3 Å². The van der Waals surface area contributed by atoms with Gasteiger partial charge >= 0.3 is 0 Å². The van der Waals surface area contributed by atoms with Gasteiger partial charge in [-0.05, 0) is 95.9 Å². The van der Waals surface area contributed by atoms with Crippen molar-refractivity contribution in [3.8, 4) is 5.82 Å². The molecule has 3 heterocycles. The Bertz CT molecular complexity index is 2510. The molecule has 0 aliphatic carbocycles. The zero-order chi connectivity index (χ0) is 34.5. The Hall–Kier alpha value is -6.33. The van der Waals surface area contributed by atoms with Crippen LogP contribution in [-0.4, -0.2) is 16.2 Å². The molecule has 8 aromatic rings. The van der Waals surface area contributed by atoms with Crippen LogP contribution in [0.25, 0.3) is 27.6 Å². The van der Waals surface area contributed by atoms with E-state index in [0.29, 0.717) is 0 Å². The highest BCUT2D eigenvalue weighted by atomic mass is 15.4. The van der Waals surface area contributed by atoms with E-state index in [1.54, 1.807) is 0 Å². The third-order valence-corrected chi connectivity index (χ3v) is 9.98. The summed E-state index contributed by atoms with van der Waals surface area (Å²) in [4.78, 5) is 12.1. The molecule has 0 amide bonds. The van der Waals surface area contributed by atoms with Crippen molar-refractivity contribution < 1.29 is 0 Å². The Morgan fingerprint density at radius 1 is 0.510 bits per heavy atom. The molecule has 0 N–H and O–H groups in total. The average Bonchev–Trinajstić information content (AvgIpc) is 3.72. The fourth-order valence-electron chi connectivity index (χ4n) is 7.44. The maximum atomic E-state index is 4.93. The molecule has 5 nitrogen and oxygen atoms in total. The molecule has 5 heteroatoms. The molecule has 0 saturated heterocycles. The first kappa shape index (κ1) is 30.7. The molecule has 248 valence electrons. The molecule has 1 aliphatic rings. The van der Waals surface area contributed by atoms with Gasteiger partial charge in [-0.3, -0.25) is 4.57 Å². The summed E-state index contributed by atoms with van der Waals surface area (Å²) >= 11 is 0. The number of anilines is 7. The Morgan fingerprint density at radius 3 is 1.88 bits per heavy atom. The van der Waals surface area contributed by atoms with Crippen LogP contribution >= 0.6 is 0 Å². The summed E-state index contributed by atoms with van der Waals surface area (Å²) in [5.74, 6) is 0.926. The van der Waals surface area contributed by atoms with Crippen molar-refractivity contribution in [2.45, 2.75) is 26.2 Å². The molecule has 2 aromatic heterocycles. The topological polar surface area (TPSA) is 27.5 Å². The minimum Gasteiger partial charge on any atom is -0.321 e. The molecule has 9 rings (SSSR count). The fraction of sp³-hybridized carbons (Fsp3) is 0.109.